The van der Waals surface area contributed by atoms with Crippen LogP contribution in [0.2, 0.25) is 0 Å². The lowest BCUT2D eigenvalue weighted by Crippen LogP contribution is -2.23. The largest absolute Gasteiger partial charge is 0.353 e. The van der Waals surface area contributed by atoms with Gasteiger partial charge < -0.3 is 10.6 Å². The number of rotatable bonds is 9. The number of carbonyl (C=O) groups is 2. The van der Waals surface area contributed by atoms with Crippen molar-refractivity contribution in [2.75, 3.05) is 13.1 Å². The Morgan fingerprint density at radius 3 is 2.44 bits per heavy atom. The first-order valence-electron chi connectivity index (χ1n) is 5.48. The minimum Gasteiger partial charge on any atom is -0.353 e. The zero-order chi connectivity index (χ0) is 12.2. The Morgan fingerprint density at radius 2 is 1.81 bits per heavy atom. The average molecular weight is 224 g/mol. The molecule has 0 rings (SSSR count). The van der Waals surface area contributed by atoms with E-state index in [9.17, 15) is 9.59 Å². The van der Waals surface area contributed by atoms with E-state index in [1.54, 1.807) is 6.08 Å². The number of nitrogens with one attached hydrogen (secondary N) is 2. The van der Waals surface area contributed by atoms with Gasteiger partial charge in [0.1, 0.15) is 0 Å². The van der Waals surface area contributed by atoms with Crippen LogP contribution in [0.4, 0.5) is 0 Å². The summed E-state index contributed by atoms with van der Waals surface area (Å²) in [5.41, 5.74) is 0. The zero-order valence-electron chi connectivity index (χ0n) is 9.63. The predicted octanol–water partition coefficient (Wildman–Crippen LogP) is 1.15. The van der Waals surface area contributed by atoms with E-state index in [2.05, 4.69) is 23.8 Å². The van der Waals surface area contributed by atoms with Crippen molar-refractivity contribution in [3.8, 4) is 0 Å². The molecule has 0 atom stereocenters. The lowest BCUT2D eigenvalue weighted by atomic mass is 10.2. The van der Waals surface area contributed by atoms with Gasteiger partial charge in [-0.3, -0.25) is 9.59 Å². The van der Waals surface area contributed by atoms with Gasteiger partial charge in [-0.15, -0.1) is 6.58 Å². The molecule has 0 heterocycles. The SMILES string of the molecule is C=CCNC(=O)CCCCCNC(=O)C=C. The van der Waals surface area contributed by atoms with Crippen LogP contribution in [0.1, 0.15) is 25.7 Å². The fourth-order valence-electron chi connectivity index (χ4n) is 1.15. The van der Waals surface area contributed by atoms with Crippen LogP contribution in [0, 0.1) is 0 Å². The van der Waals surface area contributed by atoms with E-state index in [0.29, 0.717) is 19.5 Å². The van der Waals surface area contributed by atoms with Gasteiger partial charge >= 0.3 is 0 Å². The Labute approximate surface area is 96.8 Å². The first kappa shape index (κ1) is 14.4. The molecule has 90 valence electrons. The Morgan fingerprint density at radius 1 is 1.06 bits per heavy atom. The maximum atomic E-state index is 11.1. The van der Waals surface area contributed by atoms with Gasteiger partial charge in [0.15, 0.2) is 0 Å². The number of unbranched alkanes of at least 4 members (excludes halogenated alkanes) is 2. The second-order valence-corrected chi connectivity index (χ2v) is 3.40. The Hall–Kier alpha value is -1.58. The smallest absolute Gasteiger partial charge is 0.243 e. The van der Waals surface area contributed by atoms with Gasteiger partial charge in [-0.1, -0.05) is 19.1 Å². The molecular weight excluding hydrogens is 204 g/mol. The van der Waals surface area contributed by atoms with E-state index in [4.69, 9.17) is 0 Å². The van der Waals surface area contributed by atoms with E-state index >= 15 is 0 Å². The van der Waals surface area contributed by atoms with Gasteiger partial charge in [0.05, 0.1) is 0 Å². The quantitative estimate of drug-likeness (QED) is 0.351. The second-order valence-electron chi connectivity index (χ2n) is 3.40. The Bertz CT molecular complexity index is 249. The minimum absolute atomic E-state index is 0.0510. The lowest BCUT2D eigenvalue weighted by molar-refractivity contribution is -0.121. The van der Waals surface area contributed by atoms with Crippen LogP contribution >= 0.6 is 0 Å². The third-order valence-corrected chi connectivity index (χ3v) is 2.01. The molecule has 0 aromatic heterocycles. The topological polar surface area (TPSA) is 58.2 Å². The molecule has 2 N–H and O–H groups in total. The molecule has 0 aromatic rings. The number of carbonyl (C=O) groups excluding carboxylic acids is 2. The van der Waals surface area contributed by atoms with Crippen LogP contribution in [0.25, 0.3) is 0 Å². The summed E-state index contributed by atoms with van der Waals surface area (Å²) in [7, 11) is 0. The first-order valence-corrected chi connectivity index (χ1v) is 5.48. The van der Waals surface area contributed by atoms with Gasteiger partial charge in [0.2, 0.25) is 11.8 Å². The molecule has 0 aliphatic rings. The molecule has 0 fully saturated rings. The van der Waals surface area contributed by atoms with Crippen LogP contribution in [0.5, 0.6) is 0 Å². The third-order valence-electron chi connectivity index (χ3n) is 2.01. The molecule has 0 saturated heterocycles. The predicted molar refractivity (Wildman–Crippen MR) is 64.9 cm³/mol. The van der Waals surface area contributed by atoms with E-state index in [0.717, 1.165) is 19.3 Å². The molecule has 2 amide bonds. The molecule has 4 nitrogen and oxygen atoms in total. The summed E-state index contributed by atoms with van der Waals surface area (Å²) >= 11 is 0. The third kappa shape index (κ3) is 8.99. The number of hydrogen-bond donors (Lipinski definition) is 2. The van der Waals surface area contributed by atoms with Crippen molar-refractivity contribution in [1.29, 1.82) is 0 Å². The maximum absolute atomic E-state index is 11.1. The lowest BCUT2D eigenvalue weighted by Gasteiger charge is -2.03. The van der Waals surface area contributed by atoms with Crippen LogP contribution in [0.15, 0.2) is 25.3 Å². The van der Waals surface area contributed by atoms with Crippen molar-refractivity contribution in [2.45, 2.75) is 25.7 Å². The van der Waals surface area contributed by atoms with Gasteiger partial charge in [-0.2, -0.15) is 0 Å². The fraction of sp³-hybridized carbons (Fsp3) is 0.500. The van der Waals surface area contributed by atoms with E-state index in [-0.39, 0.29) is 11.8 Å². The second kappa shape index (κ2) is 9.96. The van der Waals surface area contributed by atoms with Gasteiger partial charge in [0, 0.05) is 19.5 Å². The molecule has 0 aromatic carbocycles. The zero-order valence-corrected chi connectivity index (χ0v) is 9.63. The molecule has 0 aliphatic carbocycles. The van der Waals surface area contributed by atoms with Crippen molar-refractivity contribution < 1.29 is 9.59 Å². The Kier molecular flexibility index (Phi) is 8.97. The summed E-state index contributed by atoms with van der Waals surface area (Å²) in [6.07, 6.45) is 6.09. The van der Waals surface area contributed by atoms with Crippen molar-refractivity contribution >= 4 is 11.8 Å². The minimum atomic E-state index is -0.149. The van der Waals surface area contributed by atoms with E-state index in [1.165, 1.54) is 6.08 Å². The van der Waals surface area contributed by atoms with Crippen LogP contribution in [-0.4, -0.2) is 24.9 Å². The first-order chi connectivity index (χ1) is 7.70. The summed E-state index contributed by atoms with van der Waals surface area (Å²) in [6, 6.07) is 0. The highest BCUT2D eigenvalue weighted by Crippen LogP contribution is 1.98. The highest BCUT2D eigenvalue weighted by atomic mass is 16.2. The van der Waals surface area contributed by atoms with Crippen LogP contribution < -0.4 is 10.6 Å². The standard InChI is InChI=1S/C12H20N2O2/c1-3-9-13-12(16)8-6-5-7-10-14-11(15)4-2/h3-4H,1-2,5-10H2,(H,13,16)(H,14,15). The fourth-order valence-corrected chi connectivity index (χ4v) is 1.15. The normalized spacial score (nSPS) is 9.25. The van der Waals surface area contributed by atoms with Gasteiger partial charge in [-0.25, -0.2) is 0 Å². The molecule has 0 spiro atoms. The van der Waals surface area contributed by atoms with Gasteiger partial charge in [-0.05, 0) is 18.9 Å². The maximum Gasteiger partial charge on any atom is 0.243 e. The number of amides is 2. The highest BCUT2D eigenvalue weighted by molar-refractivity contribution is 5.86. The monoisotopic (exact) mass is 224 g/mol. The molecule has 0 saturated carbocycles. The van der Waals surface area contributed by atoms with E-state index in [1.807, 2.05) is 0 Å². The molecule has 0 bridgehead atoms. The number of hydrogen-bond acceptors (Lipinski definition) is 2. The summed E-state index contributed by atoms with van der Waals surface area (Å²) in [4.78, 5) is 21.9. The van der Waals surface area contributed by atoms with Crippen molar-refractivity contribution in [3.63, 3.8) is 0 Å². The Balaban J connectivity index is 3.26. The summed E-state index contributed by atoms with van der Waals surface area (Å²) < 4.78 is 0. The van der Waals surface area contributed by atoms with Crippen molar-refractivity contribution in [2.24, 2.45) is 0 Å². The molecule has 0 aliphatic heterocycles. The summed E-state index contributed by atoms with van der Waals surface area (Å²) in [6.45, 7) is 8.03. The van der Waals surface area contributed by atoms with Gasteiger partial charge in [0.25, 0.3) is 0 Å². The van der Waals surface area contributed by atoms with Crippen LogP contribution in [-0.2, 0) is 9.59 Å². The average Bonchev–Trinajstić information content (AvgIpc) is 2.30. The van der Waals surface area contributed by atoms with Crippen molar-refractivity contribution in [1.82, 2.24) is 10.6 Å². The molecule has 16 heavy (non-hydrogen) atoms. The summed E-state index contributed by atoms with van der Waals surface area (Å²) in [5.74, 6) is -0.0984. The molecular formula is C12H20N2O2. The van der Waals surface area contributed by atoms with E-state index < -0.39 is 0 Å². The summed E-state index contributed by atoms with van der Waals surface area (Å²) in [5, 5.41) is 5.39. The molecule has 0 unspecified atom stereocenters. The molecule has 0 radical (unpaired) electrons. The van der Waals surface area contributed by atoms with Crippen LogP contribution in [0.3, 0.4) is 0 Å². The van der Waals surface area contributed by atoms with Crippen molar-refractivity contribution in [3.05, 3.63) is 25.3 Å². The highest BCUT2D eigenvalue weighted by Gasteiger charge is 1.99. The molecule has 4 heteroatoms.